The molecule has 4 aromatic carbocycles. The van der Waals surface area contributed by atoms with E-state index in [1.165, 1.54) is 18.7 Å². The van der Waals surface area contributed by atoms with E-state index in [0.717, 1.165) is 28.3 Å². The summed E-state index contributed by atoms with van der Waals surface area (Å²) in [5.41, 5.74) is 3.06. The molecule has 0 saturated carbocycles. The van der Waals surface area contributed by atoms with Gasteiger partial charge in [0.15, 0.2) is 0 Å². The number of aromatic amines is 1. The molecule has 1 aliphatic rings. The van der Waals surface area contributed by atoms with Crippen LogP contribution in [0, 0.1) is 0 Å². The highest BCUT2D eigenvalue weighted by Crippen LogP contribution is 2.42. The van der Waals surface area contributed by atoms with Gasteiger partial charge in [-0.15, -0.1) is 0 Å². The van der Waals surface area contributed by atoms with Crippen LogP contribution >= 0.6 is 23.4 Å². The molecule has 1 atom stereocenters. The number of benzene rings is 4. The Morgan fingerprint density at radius 2 is 1.80 bits per heavy atom. The third-order valence-electron chi connectivity index (χ3n) is 7.07. The molecule has 0 spiro atoms. The van der Waals surface area contributed by atoms with Gasteiger partial charge >= 0.3 is 11.3 Å². The highest BCUT2D eigenvalue weighted by atomic mass is 35.5. The number of hydrogen-bond donors (Lipinski definition) is 1. The number of fused-ring (bicyclic) bond motifs is 4. The van der Waals surface area contributed by atoms with Crippen molar-refractivity contribution in [2.75, 3.05) is 11.5 Å². The summed E-state index contributed by atoms with van der Waals surface area (Å²) in [6.45, 7) is 4.09. The number of aromatic nitrogens is 3. The van der Waals surface area contributed by atoms with Gasteiger partial charge < -0.3 is 4.74 Å². The molecular formula is C32H28ClN4O3S+. The Balaban J connectivity index is 1.61. The molecule has 2 heterocycles. The van der Waals surface area contributed by atoms with Crippen molar-refractivity contribution in [1.29, 1.82) is 0 Å². The van der Waals surface area contributed by atoms with Crippen LogP contribution in [0.2, 0.25) is 5.02 Å². The van der Waals surface area contributed by atoms with Gasteiger partial charge in [-0.3, -0.25) is 14.6 Å². The van der Waals surface area contributed by atoms with Crippen LogP contribution < -0.4 is 19.9 Å². The van der Waals surface area contributed by atoms with Crippen molar-refractivity contribution in [3.63, 3.8) is 0 Å². The van der Waals surface area contributed by atoms with Gasteiger partial charge in [-0.1, -0.05) is 91.0 Å². The molecule has 41 heavy (non-hydrogen) atoms. The van der Waals surface area contributed by atoms with Crippen LogP contribution in [-0.4, -0.2) is 22.6 Å². The number of amides is 1. The Hall–Kier alpha value is -4.14. The molecule has 1 N–H and O–H groups in total. The maximum absolute atomic E-state index is 13.8. The number of carbonyl (C=O) groups excluding carboxylic acids is 1. The molecule has 0 aliphatic carbocycles. The Bertz CT molecular complexity index is 1840. The fourth-order valence-electron chi connectivity index (χ4n) is 5.28. The molecule has 1 aromatic heterocycles. The number of carbonyl (C=O) groups is 1. The number of nitrogens with zero attached hydrogens (tertiary/aromatic N) is 3. The highest BCUT2D eigenvalue weighted by molar-refractivity contribution is 7.98. The SMILES string of the molecule is CCCOc1ccc2ccccc2c1[C@@H]1N(C(C)=O)c2ccccc2-c2c(=O)[nH]c(SCc3ccccc3Cl)n[n+]21. The van der Waals surface area contributed by atoms with Crippen molar-refractivity contribution >= 4 is 45.7 Å². The minimum absolute atomic E-state index is 0.178. The van der Waals surface area contributed by atoms with Gasteiger partial charge in [0, 0.05) is 22.8 Å². The van der Waals surface area contributed by atoms with Crippen LogP contribution in [0.1, 0.15) is 37.6 Å². The van der Waals surface area contributed by atoms with Crippen molar-refractivity contribution in [3.05, 3.63) is 111 Å². The van der Waals surface area contributed by atoms with Crippen LogP contribution in [0.4, 0.5) is 5.69 Å². The molecular weight excluding hydrogens is 556 g/mol. The monoisotopic (exact) mass is 583 g/mol. The van der Waals surface area contributed by atoms with Crippen molar-refractivity contribution in [3.8, 4) is 17.0 Å². The number of hydrogen-bond acceptors (Lipinski definition) is 5. The maximum Gasteiger partial charge on any atom is 0.325 e. The molecule has 0 unspecified atom stereocenters. The lowest BCUT2D eigenvalue weighted by atomic mass is 9.96. The van der Waals surface area contributed by atoms with Crippen LogP contribution in [0.3, 0.4) is 0 Å². The number of halogens is 1. The molecule has 6 rings (SSSR count). The summed E-state index contributed by atoms with van der Waals surface area (Å²) in [5, 5.41) is 7.95. The molecule has 7 nitrogen and oxygen atoms in total. The smallest absolute Gasteiger partial charge is 0.325 e. The number of rotatable bonds is 7. The average Bonchev–Trinajstić information content (AvgIpc) is 2.98. The van der Waals surface area contributed by atoms with Crippen LogP contribution in [0.5, 0.6) is 5.75 Å². The normalized spacial score (nSPS) is 14.0. The third kappa shape index (κ3) is 4.98. The summed E-state index contributed by atoms with van der Waals surface area (Å²) in [6.07, 6.45) is 0.0537. The number of nitrogens with one attached hydrogen (secondary N) is 1. The van der Waals surface area contributed by atoms with E-state index in [2.05, 4.69) is 4.98 Å². The fraction of sp³-hybridized carbons (Fsp3) is 0.188. The van der Waals surface area contributed by atoms with Gasteiger partial charge in [0.25, 0.3) is 6.17 Å². The zero-order valence-electron chi connectivity index (χ0n) is 22.6. The second-order valence-corrected chi connectivity index (χ2v) is 11.1. The molecule has 1 aliphatic heterocycles. The van der Waals surface area contributed by atoms with Gasteiger partial charge in [0.2, 0.25) is 11.1 Å². The van der Waals surface area contributed by atoms with E-state index < -0.39 is 6.17 Å². The predicted molar refractivity (Wildman–Crippen MR) is 163 cm³/mol. The Morgan fingerprint density at radius 3 is 2.61 bits per heavy atom. The molecule has 1 amide bonds. The first-order chi connectivity index (χ1) is 20.0. The standard InChI is InChI=1S/C32H27ClN4O3S/c1-3-18-40-27-17-16-21-10-4-6-12-23(21)28(27)31-36(20(2)38)26-15-9-7-13-24(26)29-30(39)34-32(35-37(29)31)41-19-22-11-5-8-14-25(22)33/h4-17,31H,3,18-19H2,1-2H3/p+1/t31-/m1/s1. The van der Waals surface area contributed by atoms with Crippen molar-refractivity contribution in [2.24, 2.45) is 0 Å². The molecule has 5 aromatic rings. The van der Waals surface area contributed by atoms with E-state index in [-0.39, 0.29) is 11.5 Å². The molecule has 9 heteroatoms. The van der Waals surface area contributed by atoms with Crippen LogP contribution in [0.15, 0.2) is 94.9 Å². The topological polar surface area (TPSA) is 79.2 Å². The molecule has 0 fully saturated rings. The molecule has 0 saturated heterocycles. The summed E-state index contributed by atoms with van der Waals surface area (Å²) in [4.78, 5) is 32.0. The van der Waals surface area contributed by atoms with Crippen LogP contribution in [-0.2, 0) is 10.5 Å². The largest absolute Gasteiger partial charge is 0.493 e. The highest BCUT2D eigenvalue weighted by Gasteiger charge is 2.46. The van der Waals surface area contributed by atoms with Gasteiger partial charge in [0.05, 0.1) is 23.4 Å². The first-order valence-electron chi connectivity index (χ1n) is 13.4. The predicted octanol–water partition coefficient (Wildman–Crippen LogP) is 6.53. The number of anilines is 1. The first kappa shape index (κ1) is 27.1. The summed E-state index contributed by atoms with van der Waals surface area (Å²) in [6, 6.07) is 27.0. The molecule has 0 radical (unpaired) electrons. The Labute approximate surface area is 246 Å². The number of ether oxygens (including phenoxy) is 1. The number of H-pyrrole nitrogens is 1. The minimum atomic E-state index is -0.766. The first-order valence-corrected chi connectivity index (χ1v) is 14.8. The zero-order valence-corrected chi connectivity index (χ0v) is 24.2. The van der Waals surface area contributed by atoms with E-state index >= 15 is 0 Å². The lowest BCUT2D eigenvalue weighted by Crippen LogP contribution is -2.60. The van der Waals surface area contributed by atoms with E-state index in [9.17, 15) is 9.59 Å². The Kier molecular flexibility index (Phi) is 7.51. The average molecular weight is 584 g/mol. The maximum atomic E-state index is 13.8. The van der Waals surface area contributed by atoms with Gasteiger partial charge in [-0.2, -0.15) is 0 Å². The van der Waals surface area contributed by atoms with Gasteiger partial charge in [-0.05, 0) is 51.7 Å². The van der Waals surface area contributed by atoms with Crippen molar-refractivity contribution < 1.29 is 14.2 Å². The summed E-state index contributed by atoms with van der Waals surface area (Å²) in [5.74, 6) is 0.980. The van der Waals surface area contributed by atoms with Gasteiger partial charge in [-0.25, -0.2) is 4.90 Å². The fourth-order valence-corrected chi connectivity index (χ4v) is 6.42. The molecule has 0 bridgehead atoms. The minimum Gasteiger partial charge on any atom is -0.493 e. The van der Waals surface area contributed by atoms with E-state index in [1.807, 2.05) is 91.9 Å². The van der Waals surface area contributed by atoms with Crippen molar-refractivity contribution in [1.82, 2.24) is 10.1 Å². The van der Waals surface area contributed by atoms with E-state index in [4.69, 9.17) is 21.4 Å². The molecule has 206 valence electrons. The van der Waals surface area contributed by atoms with Gasteiger partial charge in [0.1, 0.15) is 5.75 Å². The lowest BCUT2D eigenvalue weighted by Gasteiger charge is -2.32. The lowest BCUT2D eigenvalue weighted by molar-refractivity contribution is -0.763. The van der Waals surface area contributed by atoms with E-state index in [1.54, 1.807) is 9.58 Å². The summed E-state index contributed by atoms with van der Waals surface area (Å²) >= 11 is 7.77. The summed E-state index contributed by atoms with van der Waals surface area (Å²) in [7, 11) is 0. The quantitative estimate of drug-likeness (QED) is 0.174. The number of para-hydroxylation sites is 1. The third-order valence-corrected chi connectivity index (χ3v) is 8.35. The Morgan fingerprint density at radius 1 is 1.05 bits per heavy atom. The second kappa shape index (κ2) is 11.4. The van der Waals surface area contributed by atoms with Crippen LogP contribution in [0.25, 0.3) is 22.0 Å². The van der Waals surface area contributed by atoms with E-state index in [0.29, 0.717) is 45.2 Å². The second-order valence-electron chi connectivity index (χ2n) is 9.76. The zero-order chi connectivity index (χ0) is 28.5. The van der Waals surface area contributed by atoms with Crippen molar-refractivity contribution in [2.45, 2.75) is 37.3 Å². The summed E-state index contributed by atoms with van der Waals surface area (Å²) < 4.78 is 7.95. The number of thioether (sulfide) groups is 1.